The van der Waals surface area contributed by atoms with Gasteiger partial charge in [0.05, 0.1) is 27.0 Å². The molecule has 0 aliphatic heterocycles. The maximum atomic E-state index is 12.3. The van der Waals surface area contributed by atoms with Gasteiger partial charge in [0.1, 0.15) is 5.75 Å². The van der Waals surface area contributed by atoms with Crippen molar-refractivity contribution in [3.8, 4) is 17.2 Å². The standard InChI is InChI=1S/C27H45NO4/c1-5-6-7-8-9-10-11-12-13-14-15-16-17-18-19-20-27(29)28-23-21-25(31-3)26(32-4)22-24(23)30-2/h12-13,21-22H,5-11,14-20H2,1-4H3,(H,28,29)/b13-12-. The van der Waals surface area contributed by atoms with Crippen molar-refractivity contribution in [3.63, 3.8) is 0 Å². The number of hydrogen-bond acceptors (Lipinski definition) is 4. The minimum atomic E-state index is -0.00635. The van der Waals surface area contributed by atoms with E-state index in [0.717, 1.165) is 12.8 Å². The lowest BCUT2D eigenvalue weighted by molar-refractivity contribution is -0.116. The summed E-state index contributed by atoms with van der Waals surface area (Å²) in [7, 11) is 4.71. The summed E-state index contributed by atoms with van der Waals surface area (Å²) in [5.41, 5.74) is 0.600. The first-order chi connectivity index (χ1) is 15.7. The summed E-state index contributed by atoms with van der Waals surface area (Å²) in [6, 6.07) is 3.45. The topological polar surface area (TPSA) is 56.8 Å². The highest BCUT2D eigenvalue weighted by molar-refractivity contribution is 5.92. The van der Waals surface area contributed by atoms with Crippen molar-refractivity contribution in [2.45, 2.75) is 96.8 Å². The molecular weight excluding hydrogens is 402 g/mol. The number of benzene rings is 1. The highest BCUT2D eigenvalue weighted by Crippen LogP contribution is 2.37. The van der Waals surface area contributed by atoms with Crippen molar-refractivity contribution >= 4 is 11.6 Å². The van der Waals surface area contributed by atoms with Crippen LogP contribution in [-0.4, -0.2) is 27.2 Å². The van der Waals surface area contributed by atoms with Gasteiger partial charge in [-0.2, -0.15) is 0 Å². The Morgan fingerprint density at radius 3 is 1.78 bits per heavy atom. The average Bonchev–Trinajstić information content (AvgIpc) is 2.81. The molecule has 0 spiro atoms. The fourth-order valence-electron chi connectivity index (χ4n) is 3.70. The number of carbonyl (C=O) groups excluding carboxylic acids is 1. The van der Waals surface area contributed by atoms with E-state index in [9.17, 15) is 4.79 Å². The minimum Gasteiger partial charge on any atom is -0.494 e. The second-order valence-corrected chi connectivity index (χ2v) is 8.29. The second kappa shape index (κ2) is 18.4. The Kier molecular flexibility index (Phi) is 16.0. The zero-order chi connectivity index (χ0) is 23.4. The van der Waals surface area contributed by atoms with Gasteiger partial charge in [0.25, 0.3) is 0 Å². The van der Waals surface area contributed by atoms with Crippen molar-refractivity contribution in [3.05, 3.63) is 24.3 Å². The Morgan fingerprint density at radius 2 is 1.22 bits per heavy atom. The number of hydrogen-bond donors (Lipinski definition) is 1. The lowest BCUT2D eigenvalue weighted by Crippen LogP contribution is -2.12. The Labute approximate surface area is 195 Å². The summed E-state index contributed by atoms with van der Waals surface area (Å²) in [6.45, 7) is 2.26. The van der Waals surface area contributed by atoms with E-state index < -0.39 is 0 Å². The lowest BCUT2D eigenvalue weighted by Gasteiger charge is -2.14. The highest BCUT2D eigenvalue weighted by atomic mass is 16.5. The summed E-state index contributed by atoms with van der Waals surface area (Å²) in [6.07, 6.45) is 21.4. The van der Waals surface area contributed by atoms with Gasteiger partial charge >= 0.3 is 0 Å². The van der Waals surface area contributed by atoms with Crippen LogP contribution in [-0.2, 0) is 4.79 Å². The van der Waals surface area contributed by atoms with Gasteiger partial charge < -0.3 is 19.5 Å². The van der Waals surface area contributed by atoms with Crippen LogP contribution in [0.15, 0.2) is 24.3 Å². The molecule has 1 aromatic rings. The van der Waals surface area contributed by atoms with Gasteiger partial charge in [-0.1, -0.05) is 70.4 Å². The normalized spacial score (nSPS) is 11.0. The first kappa shape index (κ1) is 27.9. The molecule has 1 amide bonds. The zero-order valence-electron chi connectivity index (χ0n) is 20.8. The number of unbranched alkanes of at least 4 members (excludes halogenated alkanes) is 11. The maximum absolute atomic E-state index is 12.3. The molecule has 1 N–H and O–H groups in total. The van der Waals surface area contributed by atoms with Crippen LogP contribution < -0.4 is 19.5 Å². The molecule has 0 bridgehead atoms. The maximum Gasteiger partial charge on any atom is 0.224 e. The SMILES string of the molecule is CCCCCCCC/C=C\CCCCCCCC(=O)Nc1cc(OC)c(OC)cc1OC. The summed E-state index contributed by atoms with van der Waals surface area (Å²) < 4.78 is 16.0. The van der Waals surface area contributed by atoms with Crippen LogP contribution in [0.2, 0.25) is 0 Å². The van der Waals surface area contributed by atoms with E-state index in [1.807, 2.05) is 0 Å². The van der Waals surface area contributed by atoms with Gasteiger partial charge in [0.2, 0.25) is 5.91 Å². The molecule has 32 heavy (non-hydrogen) atoms. The zero-order valence-corrected chi connectivity index (χ0v) is 20.8. The molecule has 0 fully saturated rings. The molecule has 0 aliphatic carbocycles. The van der Waals surface area contributed by atoms with Gasteiger partial charge in [-0.25, -0.2) is 0 Å². The number of nitrogens with one attached hydrogen (secondary N) is 1. The second-order valence-electron chi connectivity index (χ2n) is 8.29. The third kappa shape index (κ3) is 12.0. The van der Waals surface area contributed by atoms with Gasteiger partial charge in [-0.05, 0) is 32.1 Å². The molecule has 0 heterocycles. The fraction of sp³-hybridized carbons (Fsp3) is 0.667. The molecular formula is C27H45NO4. The van der Waals surface area contributed by atoms with Gasteiger partial charge in [0.15, 0.2) is 11.5 Å². The largest absolute Gasteiger partial charge is 0.494 e. The minimum absolute atomic E-state index is 0.00635. The quantitative estimate of drug-likeness (QED) is 0.174. The Hall–Kier alpha value is -2.17. The molecule has 0 atom stereocenters. The third-order valence-corrected chi connectivity index (χ3v) is 5.65. The number of rotatable bonds is 19. The van der Waals surface area contributed by atoms with Gasteiger partial charge in [-0.3, -0.25) is 4.79 Å². The average molecular weight is 448 g/mol. The lowest BCUT2D eigenvalue weighted by atomic mass is 10.1. The molecule has 0 aliphatic rings. The third-order valence-electron chi connectivity index (χ3n) is 5.65. The summed E-state index contributed by atoms with van der Waals surface area (Å²) in [4.78, 5) is 12.3. The first-order valence-corrected chi connectivity index (χ1v) is 12.4. The van der Waals surface area contributed by atoms with Crippen LogP contribution in [0.5, 0.6) is 17.2 Å². The predicted octanol–water partition coefficient (Wildman–Crippen LogP) is 7.69. The van der Waals surface area contributed by atoms with Gasteiger partial charge in [0, 0.05) is 18.6 Å². The Bertz CT molecular complexity index is 657. The molecule has 1 aromatic carbocycles. The van der Waals surface area contributed by atoms with Crippen molar-refractivity contribution in [2.24, 2.45) is 0 Å². The summed E-state index contributed by atoms with van der Waals surface area (Å²) >= 11 is 0. The van der Waals surface area contributed by atoms with Crippen LogP contribution in [0.1, 0.15) is 96.8 Å². The molecule has 0 saturated heterocycles. The van der Waals surface area contributed by atoms with E-state index in [0.29, 0.717) is 29.4 Å². The van der Waals surface area contributed by atoms with E-state index in [1.165, 1.54) is 70.6 Å². The number of ether oxygens (including phenoxy) is 3. The van der Waals surface area contributed by atoms with E-state index in [2.05, 4.69) is 24.4 Å². The molecule has 0 saturated carbocycles. The van der Waals surface area contributed by atoms with E-state index in [4.69, 9.17) is 14.2 Å². The smallest absolute Gasteiger partial charge is 0.224 e. The number of carbonyl (C=O) groups is 1. The Morgan fingerprint density at radius 1 is 0.719 bits per heavy atom. The van der Waals surface area contributed by atoms with Crippen molar-refractivity contribution in [2.75, 3.05) is 26.6 Å². The monoisotopic (exact) mass is 447 g/mol. The molecule has 5 heteroatoms. The molecule has 1 rings (SSSR count). The van der Waals surface area contributed by atoms with Crippen LogP contribution in [0.3, 0.4) is 0 Å². The molecule has 0 aromatic heterocycles. The van der Waals surface area contributed by atoms with Crippen LogP contribution in [0, 0.1) is 0 Å². The van der Waals surface area contributed by atoms with E-state index in [1.54, 1.807) is 33.5 Å². The molecule has 0 radical (unpaired) electrons. The number of amides is 1. The summed E-state index contributed by atoms with van der Waals surface area (Å²) in [5.74, 6) is 1.68. The number of allylic oxidation sites excluding steroid dienone is 2. The van der Waals surface area contributed by atoms with Crippen molar-refractivity contribution in [1.29, 1.82) is 0 Å². The van der Waals surface area contributed by atoms with Crippen molar-refractivity contribution in [1.82, 2.24) is 0 Å². The summed E-state index contributed by atoms with van der Waals surface area (Å²) in [5, 5.41) is 2.93. The first-order valence-electron chi connectivity index (χ1n) is 12.4. The molecule has 0 unspecified atom stereocenters. The van der Waals surface area contributed by atoms with Crippen LogP contribution in [0.25, 0.3) is 0 Å². The van der Waals surface area contributed by atoms with Crippen LogP contribution in [0.4, 0.5) is 5.69 Å². The number of methoxy groups -OCH3 is 3. The fourth-order valence-corrected chi connectivity index (χ4v) is 3.70. The van der Waals surface area contributed by atoms with Gasteiger partial charge in [-0.15, -0.1) is 0 Å². The highest BCUT2D eigenvalue weighted by Gasteiger charge is 2.13. The van der Waals surface area contributed by atoms with Crippen LogP contribution >= 0.6 is 0 Å². The number of anilines is 1. The van der Waals surface area contributed by atoms with E-state index >= 15 is 0 Å². The van der Waals surface area contributed by atoms with Crippen molar-refractivity contribution < 1.29 is 19.0 Å². The predicted molar refractivity (Wildman–Crippen MR) is 134 cm³/mol. The molecule has 182 valence electrons. The van der Waals surface area contributed by atoms with E-state index in [-0.39, 0.29) is 5.91 Å². The molecule has 5 nitrogen and oxygen atoms in total. The Balaban J connectivity index is 2.11.